The van der Waals surface area contributed by atoms with Crippen LogP contribution < -0.4 is 10.1 Å². The van der Waals surface area contributed by atoms with Crippen LogP contribution in [0.5, 0.6) is 11.5 Å². The highest BCUT2D eigenvalue weighted by atomic mass is 16.5. The number of carbonyl (C=O) groups is 1. The molecule has 0 spiro atoms. The van der Waals surface area contributed by atoms with E-state index in [0.717, 1.165) is 12.8 Å². The van der Waals surface area contributed by atoms with Gasteiger partial charge in [-0.2, -0.15) is 0 Å². The van der Waals surface area contributed by atoms with Crippen molar-refractivity contribution < 1.29 is 18.7 Å². The lowest BCUT2D eigenvalue weighted by molar-refractivity contribution is 0.0893. The Labute approximate surface area is 150 Å². The van der Waals surface area contributed by atoms with E-state index in [9.17, 15) is 4.79 Å². The summed E-state index contributed by atoms with van der Waals surface area (Å²) in [5.41, 5.74) is 0.426. The number of amides is 1. The molecular formula is C19H17N3O4. The number of rotatable bonds is 5. The highest BCUT2D eigenvalue weighted by Gasteiger charge is 2.24. The van der Waals surface area contributed by atoms with Gasteiger partial charge in [-0.25, -0.2) is 0 Å². The molecule has 1 amide bonds. The van der Waals surface area contributed by atoms with E-state index in [4.69, 9.17) is 13.9 Å². The third-order valence-corrected chi connectivity index (χ3v) is 3.94. The second kappa shape index (κ2) is 7.37. The van der Waals surface area contributed by atoms with Crippen molar-refractivity contribution in [2.24, 2.45) is 0 Å². The summed E-state index contributed by atoms with van der Waals surface area (Å²) in [6.07, 6.45) is 1.62. The van der Waals surface area contributed by atoms with Crippen LogP contribution >= 0.6 is 0 Å². The molecule has 4 rings (SSSR count). The molecule has 0 radical (unpaired) electrons. The number of aromatic nitrogens is 2. The normalized spacial score (nSPS) is 16.4. The summed E-state index contributed by atoms with van der Waals surface area (Å²) in [4.78, 5) is 12.4. The molecule has 0 unspecified atom stereocenters. The first-order valence-electron chi connectivity index (χ1n) is 8.37. The smallest absolute Gasteiger partial charge is 0.322 e. The Morgan fingerprint density at radius 2 is 1.92 bits per heavy atom. The van der Waals surface area contributed by atoms with Crippen LogP contribution in [0.15, 0.2) is 59.0 Å². The molecule has 1 atom stereocenters. The maximum absolute atomic E-state index is 12.4. The van der Waals surface area contributed by atoms with Gasteiger partial charge >= 0.3 is 6.01 Å². The summed E-state index contributed by atoms with van der Waals surface area (Å²) in [7, 11) is 0. The second-order valence-electron chi connectivity index (χ2n) is 5.84. The van der Waals surface area contributed by atoms with Gasteiger partial charge in [0.25, 0.3) is 5.91 Å². The topological polar surface area (TPSA) is 86.5 Å². The zero-order chi connectivity index (χ0) is 17.8. The standard InChI is InChI=1S/C19H17N3O4/c23-17(20-19-22-21-18(26-19)16-10-5-11-24-16)13-6-4-9-15(12-13)25-14-7-2-1-3-8-14/h1-4,6-9,12,16H,5,10-11H2,(H,20,22,23)/t16-/m0/s1. The molecule has 1 aliphatic heterocycles. The van der Waals surface area contributed by atoms with Crippen molar-refractivity contribution in [2.45, 2.75) is 18.9 Å². The van der Waals surface area contributed by atoms with E-state index in [1.807, 2.05) is 30.3 Å². The molecule has 0 aliphatic carbocycles. The molecular weight excluding hydrogens is 334 g/mol. The summed E-state index contributed by atoms with van der Waals surface area (Å²) >= 11 is 0. The first-order valence-corrected chi connectivity index (χ1v) is 8.37. The quantitative estimate of drug-likeness (QED) is 0.748. The van der Waals surface area contributed by atoms with Gasteiger partial charge < -0.3 is 13.9 Å². The lowest BCUT2D eigenvalue weighted by Crippen LogP contribution is -2.12. The minimum Gasteiger partial charge on any atom is -0.457 e. The number of hydrogen-bond acceptors (Lipinski definition) is 6. The Morgan fingerprint density at radius 1 is 1.08 bits per heavy atom. The third kappa shape index (κ3) is 3.73. The lowest BCUT2D eigenvalue weighted by atomic mass is 10.2. The number of nitrogens with one attached hydrogen (secondary N) is 1. The van der Waals surface area contributed by atoms with Gasteiger partial charge in [-0.05, 0) is 43.2 Å². The van der Waals surface area contributed by atoms with E-state index in [1.54, 1.807) is 24.3 Å². The average Bonchev–Trinajstić information content (AvgIpc) is 3.34. The van der Waals surface area contributed by atoms with E-state index < -0.39 is 0 Å². The second-order valence-corrected chi connectivity index (χ2v) is 5.84. The van der Waals surface area contributed by atoms with Gasteiger partial charge in [-0.15, -0.1) is 5.10 Å². The van der Waals surface area contributed by atoms with E-state index in [0.29, 0.717) is 29.6 Å². The first kappa shape index (κ1) is 16.3. The van der Waals surface area contributed by atoms with Crippen molar-refractivity contribution in [3.8, 4) is 11.5 Å². The van der Waals surface area contributed by atoms with E-state index >= 15 is 0 Å². The zero-order valence-corrected chi connectivity index (χ0v) is 13.9. The summed E-state index contributed by atoms with van der Waals surface area (Å²) < 4.78 is 16.7. The van der Waals surface area contributed by atoms with Crippen LogP contribution in [-0.4, -0.2) is 22.7 Å². The summed E-state index contributed by atoms with van der Waals surface area (Å²) in [6.45, 7) is 0.683. The van der Waals surface area contributed by atoms with Crippen LogP contribution in [-0.2, 0) is 4.74 Å². The number of benzene rings is 2. The molecule has 1 aliphatic rings. The van der Waals surface area contributed by atoms with Crippen molar-refractivity contribution >= 4 is 11.9 Å². The number of anilines is 1. The molecule has 1 saturated heterocycles. The number of ether oxygens (including phenoxy) is 2. The van der Waals surface area contributed by atoms with Crippen LogP contribution in [0, 0.1) is 0 Å². The van der Waals surface area contributed by atoms with Crippen LogP contribution in [0.3, 0.4) is 0 Å². The molecule has 7 heteroatoms. The fourth-order valence-electron chi connectivity index (χ4n) is 2.68. The van der Waals surface area contributed by atoms with Crippen molar-refractivity contribution in [1.29, 1.82) is 0 Å². The van der Waals surface area contributed by atoms with E-state index in [2.05, 4.69) is 15.5 Å². The molecule has 0 saturated carbocycles. The minimum atomic E-state index is -0.356. The fraction of sp³-hybridized carbons (Fsp3) is 0.211. The van der Waals surface area contributed by atoms with Crippen molar-refractivity contribution in [3.63, 3.8) is 0 Å². The molecule has 7 nitrogen and oxygen atoms in total. The Bertz CT molecular complexity index is 889. The number of hydrogen-bond donors (Lipinski definition) is 1. The van der Waals surface area contributed by atoms with Gasteiger partial charge in [-0.3, -0.25) is 10.1 Å². The van der Waals surface area contributed by atoms with Gasteiger partial charge in [0.2, 0.25) is 5.89 Å². The Hall–Kier alpha value is -3.19. The van der Waals surface area contributed by atoms with Crippen molar-refractivity contribution in [3.05, 3.63) is 66.1 Å². The van der Waals surface area contributed by atoms with Crippen LogP contribution in [0.2, 0.25) is 0 Å². The molecule has 132 valence electrons. The van der Waals surface area contributed by atoms with Gasteiger partial charge in [0.1, 0.15) is 17.6 Å². The van der Waals surface area contributed by atoms with Crippen LogP contribution in [0.1, 0.15) is 35.2 Å². The molecule has 1 aromatic heterocycles. The Morgan fingerprint density at radius 3 is 2.73 bits per heavy atom. The average molecular weight is 351 g/mol. The van der Waals surface area contributed by atoms with E-state index in [1.165, 1.54) is 0 Å². The molecule has 0 bridgehead atoms. The predicted molar refractivity (Wildman–Crippen MR) is 93.1 cm³/mol. The highest BCUT2D eigenvalue weighted by Crippen LogP contribution is 2.28. The zero-order valence-electron chi connectivity index (χ0n) is 13.9. The molecule has 1 fully saturated rings. The summed E-state index contributed by atoms with van der Waals surface area (Å²) in [5, 5.41) is 10.4. The van der Waals surface area contributed by atoms with Gasteiger partial charge in [-0.1, -0.05) is 29.4 Å². The maximum Gasteiger partial charge on any atom is 0.322 e. The molecule has 1 N–H and O–H groups in total. The lowest BCUT2D eigenvalue weighted by Gasteiger charge is -2.07. The predicted octanol–water partition coefficient (Wildman–Crippen LogP) is 3.97. The Balaban J connectivity index is 1.44. The SMILES string of the molecule is O=C(Nc1nnc([C@@H]2CCCO2)o1)c1cccc(Oc2ccccc2)c1. The number of nitrogens with zero attached hydrogens (tertiary/aromatic N) is 2. The first-order chi connectivity index (χ1) is 12.8. The van der Waals surface area contributed by atoms with Crippen molar-refractivity contribution in [1.82, 2.24) is 10.2 Å². The molecule has 3 aromatic rings. The molecule has 26 heavy (non-hydrogen) atoms. The fourth-order valence-corrected chi connectivity index (χ4v) is 2.68. The largest absolute Gasteiger partial charge is 0.457 e. The van der Waals surface area contributed by atoms with Crippen molar-refractivity contribution in [2.75, 3.05) is 11.9 Å². The van der Waals surface area contributed by atoms with Crippen LogP contribution in [0.4, 0.5) is 6.01 Å². The Kier molecular flexibility index (Phi) is 4.61. The molecule has 2 heterocycles. The van der Waals surface area contributed by atoms with Crippen LogP contribution in [0.25, 0.3) is 0 Å². The minimum absolute atomic E-state index is 0.0508. The summed E-state index contributed by atoms with van der Waals surface area (Å²) in [5.74, 6) is 1.29. The van der Waals surface area contributed by atoms with Gasteiger partial charge in [0.15, 0.2) is 0 Å². The molecule has 2 aromatic carbocycles. The maximum atomic E-state index is 12.4. The summed E-state index contributed by atoms with van der Waals surface area (Å²) in [6, 6.07) is 16.3. The van der Waals surface area contributed by atoms with E-state index in [-0.39, 0.29) is 18.0 Å². The highest BCUT2D eigenvalue weighted by molar-refractivity contribution is 6.03. The monoisotopic (exact) mass is 351 g/mol. The van der Waals surface area contributed by atoms with Gasteiger partial charge in [0, 0.05) is 12.2 Å². The number of carbonyl (C=O) groups excluding carboxylic acids is 1. The van der Waals surface area contributed by atoms with Gasteiger partial charge in [0.05, 0.1) is 0 Å². The number of para-hydroxylation sites is 1. The third-order valence-electron chi connectivity index (χ3n) is 3.94.